The molecule has 1 heteroatoms. The van der Waals surface area contributed by atoms with Crippen LogP contribution >= 0.6 is 0 Å². The summed E-state index contributed by atoms with van der Waals surface area (Å²) in [5, 5.41) is 9.18. The maximum Gasteiger partial charge on any atom is 0.0548 e. The average Bonchev–Trinajstić information content (AvgIpc) is 2.13. The third kappa shape index (κ3) is 1.33. The van der Waals surface area contributed by atoms with Crippen LogP contribution in [0.5, 0.6) is 0 Å². The van der Waals surface area contributed by atoms with Crippen molar-refractivity contribution in [2.24, 2.45) is 11.8 Å². The van der Waals surface area contributed by atoms with Crippen LogP contribution < -0.4 is 0 Å². The maximum atomic E-state index is 9.18. The first kappa shape index (κ1) is 6.81. The average molecular weight is 126 g/mol. The third-order valence-electron chi connectivity index (χ3n) is 2.14. The van der Waals surface area contributed by atoms with Crippen LogP contribution in [0.15, 0.2) is 12.2 Å². The van der Waals surface area contributed by atoms with Crippen molar-refractivity contribution in [3.63, 3.8) is 0 Å². The molecule has 0 saturated heterocycles. The molecule has 0 aromatic rings. The lowest BCUT2D eigenvalue weighted by Crippen LogP contribution is -2.18. The summed E-state index contributed by atoms with van der Waals surface area (Å²) in [4.78, 5) is 0. The van der Waals surface area contributed by atoms with Crippen LogP contribution in [0, 0.1) is 11.8 Å². The molecule has 0 aromatic heterocycles. The van der Waals surface area contributed by atoms with Gasteiger partial charge in [0.2, 0.25) is 0 Å². The van der Waals surface area contributed by atoms with Crippen molar-refractivity contribution in [3.8, 4) is 0 Å². The van der Waals surface area contributed by atoms with E-state index in [1.54, 1.807) is 0 Å². The second-order valence-electron chi connectivity index (χ2n) is 2.93. The molecular formula is C8H14O. The maximum absolute atomic E-state index is 9.18. The summed E-state index contributed by atoms with van der Waals surface area (Å²) in [5.74, 6) is 1.05. The normalized spacial score (nSPS) is 37.2. The van der Waals surface area contributed by atoms with Crippen LogP contribution in [0.4, 0.5) is 0 Å². The van der Waals surface area contributed by atoms with E-state index in [-0.39, 0.29) is 6.10 Å². The fourth-order valence-corrected chi connectivity index (χ4v) is 1.44. The van der Waals surface area contributed by atoms with Crippen molar-refractivity contribution in [1.82, 2.24) is 0 Å². The molecule has 3 atom stereocenters. The molecule has 52 valence electrons. The molecule has 0 heterocycles. The summed E-state index contributed by atoms with van der Waals surface area (Å²) in [6.45, 7) is 4.02. The Bertz CT molecular complexity index is 116. The van der Waals surface area contributed by atoms with Crippen molar-refractivity contribution < 1.29 is 5.11 Å². The highest BCUT2D eigenvalue weighted by molar-refractivity contribution is 5.00. The standard InChI is InChI=1S/C8H14O/c1-6-4-3-5-8(6)7(2)9/h3-4,6-9H,5H2,1-2H3. The smallest absolute Gasteiger partial charge is 0.0548 e. The zero-order valence-electron chi connectivity index (χ0n) is 6.04. The highest BCUT2D eigenvalue weighted by Crippen LogP contribution is 2.27. The summed E-state index contributed by atoms with van der Waals surface area (Å²) in [7, 11) is 0. The minimum atomic E-state index is -0.144. The number of hydrogen-bond donors (Lipinski definition) is 1. The summed E-state index contributed by atoms with van der Waals surface area (Å²) in [6, 6.07) is 0. The SMILES string of the molecule is CC(O)C1CC=CC1C. The molecule has 0 fully saturated rings. The van der Waals surface area contributed by atoms with E-state index in [1.807, 2.05) is 6.92 Å². The predicted molar refractivity (Wildman–Crippen MR) is 38.1 cm³/mol. The van der Waals surface area contributed by atoms with E-state index in [4.69, 9.17) is 0 Å². The van der Waals surface area contributed by atoms with Gasteiger partial charge in [-0.2, -0.15) is 0 Å². The fraction of sp³-hybridized carbons (Fsp3) is 0.750. The molecule has 0 spiro atoms. The zero-order valence-corrected chi connectivity index (χ0v) is 6.04. The Morgan fingerprint density at radius 2 is 2.33 bits per heavy atom. The Kier molecular flexibility index (Phi) is 1.91. The van der Waals surface area contributed by atoms with Gasteiger partial charge in [0.05, 0.1) is 6.10 Å². The van der Waals surface area contributed by atoms with Crippen molar-refractivity contribution in [1.29, 1.82) is 0 Å². The molecule has 1 rings (SSSR count). The zero-order chi connectivity index (χ0) is 6.85. The molecule has 1 aliphatic rings. The van der Waals surface area contributed by atoms with Crippen LogP contribution in [-0.4, -0.2) is 11.2 Å². The van der Waals surface area contributed by atoms with Crippen molar-refractivity contribution >= 4 is 0 Å². The lowest BCUT2D eigenvalue weighted by molar-refractivity contribution is 0.112. The molecule has 0 radical (unpaired) electrons. The van der Waals surface area contributed by atoms with Gasteiger partial charge in [0.1, 0.15) is 0 Å². The molecule has 0 aromatic carbocycles. The first-order chi connectivity index (χ1) is 4.22. The van der Waals surface area contributed by atoms with Gasteiger partial charge in [-0.3, -0.25) is 0 Å². The summed E-state index contributed by atoms with van der Waals surface area (Å²) in [6.07, 6.45) is 5.24. The van der Waals surface area contributed by atoms with Gasteiger partial charge in [-0.1, -0.05) is 19.1 Å². The number of allylic oxidation sites excluding steroid dienone is 2. The van der Waals surface area contributed by atoms with Crippen molar-refractivity contribution in [3.05, 3.63) is 12.2 Å². The lowest BCUT2D eigenvalue weighted by atomic mass is 9.93. The first-order valence-electron chi connectivity index (χ1n) is 3.56. The van der Waals surface area contributed by atoms with E-state index in [2.05, 4.69) is 19.1 Å². The largest absolute Gasteiger partial charge is 0.393 e. The van der Waals surface area contributed by atoms with E-state index in [0.29, 0.717) is 11.8 Å². The molecule has 1 nitrogen and oxygen atoms in total. The van der Waals surface area contributed by atoms with Gasteiger partial charge in [-0.15, -0.1) is 0 Å². The Labute approximate surface area is 56.4 Å². The molecule has 0 amide bonds. The fourth-order valence-electron chi connectivity index (χ4n) is 1.44. The van der Waals surface area contributed by atoms with E-state index >= 15 is 0 Å². The molecule has 1 aliphatic carbocycles. The Morgan fingerprint density at radius 1 is 1.67 bits per heavy atom. The number of hydrogen-bond acceptors (Lipinski definition) is 1. The van der Waals surface area contributed by atoms with Gasteiger partial charge < -0.3 is 5.11 Å². The highest BCUT2D eigenvalue weighted by atomic mass is 16.3. The van der Waals surface area contributed by atoms with E-state index in [1.165, 1.54) is 0 Å². The molecule has 9 heavy (non-hydrogen) atoms. The monoisotopic (exact) mass is 126 g/mol. The van der Waals surface area contributed by atoms with Gasteiger partial charge in [0.15, 0.2) is 0 Å². The Balaban J connectivity index is 2.45. The predicted octanol–water partition coefficient (Wildman–Crippen LogP) is 1.58. The minimum Gasteiger partial charge on any atom is -0.393 e. The molecular weight excluding hydrogens is 112 g/mol. The number of aliphatic hydroxyl groups excluding tert-OH is 1. The summed E-state index contributed by atoms with van der Waals surface area (Å²) < 4.78 is 0. The van der Waals surface area contributed by atoms with Crippen LogP contribution in [0.1, 0.15) is 20.3 Å². The summed E-state index contributed by atoms with van der Waals surface area (Å²) in [5.41, 5.74) is 0. The molecule has 0 aliphatic heterocycles. The Morgan fingerprint density at radius 3 is 2.56 bits per heavy atom. The molecule has 0 saturated carbocycles. The van der Waals surface area contributed by atoms with E-state index < -0.39 is 0 Å². The van der Waals surface area contributed by atoms with E-state index in [0.717, 1.165) is 6.42 Å². The molecule has 0 bridgehead atoms. The topological polar surface area (TPSA) is 20.2 Å². The highest BCUT2D eigenvalue weighted by Gasteiger charge is 2.22. The second kappa shape index (κ2) is 2.53. The molecule has 3 unspecified atom stereocenters. The minimum absolute atomic E-state index is 0.144. The summed E-state index contributed by atoms with van der Waals surface area (Å²) >= 11 is 0. The Hall–Kier alpha value is -0.300. The van der Waals surface area contributed by atoms with E-state index in [9.17, 15) is 5.11 Å². The van der Waals surface area contributed by atoms with Crippen LogP contribution in [0.25, 0.3) is 0 Å². The van der Waals surface area contributed by atoms with Crippen molar-refractivity contribution in [2.45, 2.75) is 26.4 Å². The van der Waals surface area contributed by atoms with Gasteiger partial charge >= 0.3 is 0 Å². The van der Waals surface area contributed by atoms with Crippen LogP contribution in [0.3, 0.4) is 0 Å². The first-order valence-corrected chi connectivity index (χ1v) is 3.56. The van der Waals surface area contributed by atoms with Gasteiger partial charge in [0.25, 0.3) is 0 Å². The second-order valence-corrected chi connectivity index (χ2v) is 2.93. The van der Waals surface area contributed by atoms with Crippen molar-refractivity contribution in [2.75, 3.05) is 0 Å². The quantitative estimate of drug-likeness (QED) is 0.529. The third-order valence-corrected chi connectivity index (χ3v) is 2.14. The molecule has 1 N–H and O–H groups in total. The van der Waals surface area contributed by atoms with Gasteiger partial charge in [-0.05, 0) is 25.2 Å². The van der Waals surface area contributed by atoms with Crippen LogP contribution in [0.2, 0.25) is 0 Å². The lowest BCUT2D eigenvalue weighted by Gasteiger charge is -2.17. The number of aliphatic hydroxyl groups is 1. The van der Waals surface area contributed by atoms with Crippen LogP contribution in [-0.2, 0) is 0 Å². The number of rotatable bonds is 1. The van der Waals surface area contributed by atoms with Gasteiger partial charge in [0, 0.05) is 0 Å². The van der Waals surface area contributed by atoms with Gasteiger partial charge in [-0.25, -0.2) is 0 Å².